The monoisotopic (exact) mass is 499 g/mol. The zero-order chi connectivity index (χ0) is 25.0. The molecule has 3 aromatic carbocycles. The average Bonchev–Trinajstić information content (AvgIpc) is 3.36. The number of aryl methyl sites for hydroxylation is 1. The van der Waals surface area contributed by atoms with Crippen molar-refractivity contribution in [3.05, 3.63) is 94.3 Å². The van der Waals surface area contributed by atoms with E-state index in [2.05, 4.69) is 15.5 Å². The van der Waals surface area contributed by atoms with Gasteiger partial charge in [-0.3, -0.25) is 14.2 Å². The number of nitrogens with zero attached hydrogens (tertiary/aromatic N) is 4. The van der Waals surface area contributed by atoms with Crippen LogP contribution < -0.4 is 5.32 Å². The number of hydrogen-bond acceptors (Lipinski definition) is 4. The first-order valence-corrected chi connectivity index (χ1v) is 11.9. The Morgan fingerprint density at radius 3 is 2.47 bits per heavy atom. The third-order valence-corrected chi connectivity index (χ3v) is 7.05. The van der Waals surface area contributed by atoms with Gasteiger partial charge in [-0.15, -0.1) is 0 Å². The second-order valence-corrected chi connectivity index (χ2v) is 9.71. The number of aromatic nitrogens is 4. The van der Waals surface area contributed by atoms with Gasteiger partial charge in [0.05, 0.1) is 40.4 Å². The summed E-state index contributed by atoms with van der Waals surface area (Å²) in [6.45, 7) is 0.481. The number of rotatable bonds is 6. The molecule has 2 heterocycles. The minimum atomic E-state index is -0.976. The fourth-order valence-electron chi connectivity index (χ4n) is 4.77. The zero-order valence-corrected chi connectivity index (χ0v) is 20.2. The van der Waals surface area contributed by atoms with E-state index in [1.807, 2.05) is 48.3 Å². The van der Waals surface area contributed by atoms with Gasteiger partial charge in [0.25, 0.3) is 5.91 Å². The van der Waals surface area contributed by atoms with Gasteiger partial charge in [-0.1, -0.05) is 35.9 Å². The molecule has 1 fully saturated rings. The summed E-state index contributed by atoms with van der Waals surface area (Å²) in [5.74, 6) is -1.19. The molecular weight excluding hydrogens is 478 g/mol. The number of amides is 1. The number of carboxylic acids is 1. The standard InChI is InChI=1S/C27H22ClN5O3/c1-32-15-22-21-13-29-33(14-16-2-8-19(28)9-3-16)24(21)20(12-23(22)31-32)25(34)30-27(10-11-27)18-6-4-17(5-7-18)26(35)36/h2-9,12-13,15H,10-11,14H2,1H3,(H,30,34)(H,35,36). The lowest BCUT2D eigenvalue weighted by Crippen LogP contribution is -2.35. The minimum Gasteiger partial charge on any atom is -0.478 e. The van der Waals surface area contributed by atoms with Gasteiger partial charge in [-0.05, 0) is 54.3 Å². The molecule has 9 heteroatoms. The van der Waals surface area contributed by atoms with Crippen LogP contribution in [0.3, 0.4) is 0 Å². The molecule has 0 saturated heterocycles. The van der Waals surface area contributed by atoms with Crippen LogP contribution in [0.15, 0.2) is 67.0 Å². The highest BCUT2D eigenvalue weighted by Gasteiger charge is 2.46. The first-order valence-electron chi connectivity index (χ1n) is 11.6. The average molecular weight is 500 g/mol. The van der Waals surface area contributed by atoms with E-state index in [9.17, 15) is 14.7 Å². The van der Waals surface area contributed by atoms with Gasteiger partial charge in [0, 0.05) is 29.0 Å². The summed E-state index contributed by atoms with van der Waals surface area (Å²) in [6, 6.07) is 16.1. The van der Waals surface area contributed by atoms with Crippen LogP contribution in [0.1, 0.15) is 44.7 Å². The Labute approximate surface area is 211 Å². The highest BCUT2D eigenvalue weighted by molar-refractivity contribution is 6.30. The van der Waals surface area contributed by atoms with Crippen molar-refractivity contribution in [3.8, 4) is 0 Å². The second-order valence-electron chi connectivity index (χ2n) is 9.27. The van der Waals surface area contributed by atoms with E-state index < -0.39 is 11.5 Å². The lowest BCUT2D eigenvalue weighted by atomic mass is 10.0. The van der Waals surface area contributed by atoms with Gasteiger partial charge in [-0.2, -0.15) is 10.2 Å². The third-order valence-electron chi connectivity index (χ3n) is 6.80. The molecule has 0 radical (unpaired) electrons. The molecule has 2 aromatic heterocycles. The smallest absolute Gasteiger partial charge is 0.335 e. The third kappa shape index (κ3) is 3.79. The summed E-state index contributed by atoms with van der Waals surface area (Å²) in [4.78, 5) is 25.0. The maximum absolute atomic E-state index is 13.8. The topological polar surface area (TPSA) is 102 Å². The van der Waals surface area contributed by atoms with Gasteiger partial charge in [0.2, 0.25) is 0 Å². The summed E-state index contributed by atoms with van der Waals surface area (Å²) in [7, 11) is 1.85. The summed E-state index contributed by atoms with van der Waals surface area (Å²) in [5.41, 5.74) is 3.56. The summed E-state index contributed by atoms with van der Waals surface area (Å²) >= 11 is 6.05. The number of benzene rings is 3. The van der Waals surface area contributed by atoms with Crippen LogP contribution in [-0.2, 0) is 19.1 Å². The van der Waals surface area contributed by atoms with Crippen molar-refractivity contribution >= 4 is 45.3 Å². The molecular formula is C27H22ClN5O3. The molecule has 0 aliphatic heterocycles. The maximum Gasteiger partial charge on any atom is 0.335 e. The van der Waals surface area contributed by atoms with Crippen molar-refractivity contribution in [2.45, 2.75) is 24.9 Å². The highest BCUT2D eigenvalue weighted by Crippen LogP contribution is 2.46. The molecule has 1 aliphatic rings. The van der Waals surface area contributed by atoms with Crippen LogP contribution in [-0.4, -0.2) is 36.5 Å². The minimum absolute atomic E-state index is 0.217. The lowest BCUT2D eigenvalue weighted by Gasteiger charge is -2.19. The van der Waals surface area contributed by atoms with Crippen LogP contribution in [0.4, 0.5) is 0 Å². The van der Waals surface area contributed by atoms with Gasteiger partial charge < -0.3 is 10.4 Å². The molecule has 2 N–H and O–H groups in total. The molecule has 6 rings (SSSR count). The number of hydrogen-bond donors (Lipinski definition) is 2. The van der Waals surface area contributed by atoms with E-state index in [4.69, 9.17) is 11.6 Å². The Kier molecular flexibility index (Phi) is 5.08. The second kappa shape index (κ2) is 8.20. The predicted molar refractivity (Wildman–Crippen MR) is 136 cm³/mol. The number of halogens is 1. The lowest BCUT2D eigenvalue weighted by molar-refractivity contribution is 0.0696. The number of fused-ring (bicyclic) bond motifs is 3. The first kappa shape index (κ1) is 22.3. The van der Waals surface area contributed by atoms with Crippen LogP contribution in [0.2, 0.25) is 5.02 Å². The Balaban J connectivity index is 1.41. The van der Waals surface area contributed by atoms with Crippen LogP contribution in [0.25, 0.3) is 21.8 Å². The Morgan fingerprint density at radius 2 is 1.81 bits per heavy atom. The van der Waals surface area contributed by atoms with Crippen molar-refractivity contribution in [2.75, 3.05) is 0 Å². The van der Waals surface area contributed by atoms with E-state index in [1.165, 1.54) is 0 Å². The number of carbonyl (C=O) groups is 2. The predicted octanol–water partition coefficient (Wildman–Crippen LogP) is 4.74. The molecule has 0 unspecified atom stereocenters. The van der Waals surface area contributed by atoms with Crippen molar-refractivity contribution in [3.63, 3.8) is 0 Å². The van der Waals surface area contributed by atoms with Crippen molar-refractivity contribution in [2.24, 2.45) is 7.05 Å². The molecule has 0 bridgehead atoms. The summed E-state index contributed by atoms with van der Waals surface area (Å²) in [6.07, 6.45) is 5.28. The normalized spacial score (nSPS) is 14.3. The summed E-state index contributed by atoms with van der Waals surface area (Å²) < 4.78 is 3.57. The van der Waals surface area contributed by atoms with E-state index in [1.54, 1.807) is 35.1 Å². The largest absolute Gasteiger partial charge is 0.478 e. The summed E-state index contributed by atoms with van der Waals surface area (Å²) in [5, 5.41) is 24.0. The van der Waals surface area contributed by atoms with Crippen molar-refractivity contribution < 1.29 is 14.7 Å². The van der Waals surface area contributed by atoms with E-state index >= 15 is 0 Å². The fraction of sp³-hybridized carbons (Fsp3) is 0.185. The van der Waals surface area contributed by atoms with E-state index in [-0.39, 0.29) is 11.5 Å². The molecule has 1 saturated carbocycles. The number of carbonyl (C=O) groups excluding carboxylic acids is 1. The Morgan fingerprint density at radius 1 is 1.08 bits per heavy atom. The van der Waals surface area contributed by atoms with E-state index in [0.717, 1.165) is 45.8 Å². The molecule has 1 amide bonds. The van der Waals surface area contributed by atoms with Gasteiger partial charge in [-0.25, -0.2) is 4.79 Å². The Bertz CT molecular complexity index is 1650. The molecule has 0 atom stereocenters. The van der Waals surface area contributed by atoms with Gasteiger partial charge in [0.1, 0.15) is 0 Å². The highest BCUT2D eigenvalue weighted by atomic mass is 35.5. The quantitative estimate of drug-likeness (QED) is 0.351. The Hall–Kier alpha value is -4.17. The molecule has 36 heavy (non-hydrogen) atoms. The molecule has 5 aromatic rings. The van der Waals surface area contributed by atoms with Crippen LogP contribution >= 0.6 is 11.6 Å². The van der Waals surface area contributed by atoms with E-state index in [0.29, 0.717) is 17.1 Å². The number of nitrogens with one attached hydrogen (secondary N) is 1. The van der Waals surface area contributed by atoms with Crippen molar-refractivity contribution in [1.82, 2.24) is 24.9 Å². The van der Waals surface area contributed by atoms with Crippen LogP contribution in [0.5, 0.6) is 0 Å². The molecule has 0 spiro atoms. The zero-order valence-electron chi connectivity index (χ0n) is 19.4. The molecule has 8 nitrogen and oxygen atoms in total. The van der Waals surface area contributed by atoms with Crippen LogP contribution in [0, 0.1) is 0 Å². The number of aromatic carboxylic acids is 1. The first-order chi connectivity index (χ1) is 17.3. The number of carboxylic acid groups (broad SMARTS) is 1. The fourth-order valence-corrected chi connectivity index (χ4v) is 4.90. The van der Waals surface area contributed by atoms with Crippen molar-refractivity contribution in [1.29, 1.82) is 0 Å². The molecule has 1 aliphatic carbocycles. The van der Waals surface area contributed by atoms with Gasteiger partial charge >= 0.3 is 5.97 Å². The SMILES string of the molecule is Cn1cc2c(cc(C(=O)NC3(c4ccc(C(=O)O)cc4)CC3)c3c2cnn3Cc2ccc(Cl)cc2)n1. The molecule has 180 valence electrons. The van der Waals surface area contributed by atoms with Gasteiger partial charge in [0.15, 0.2) is 0 Å². The maximum atomic E-state index is 13.8.